The smallest absolute Gasteiger partial charge is 0.246 e. The Labute approximate surface area is 89.6 Å². The lowest BCUT2D eigenvalue weighted by Gasteiger charge is -2.34. The summed E-state index contributed by atoms with van der Waals surface area (Å²) in [7, 11) is 3.64. The van der Waals surface area contributed by atoms with Gasteiger partial charge in [0.15, 0.2) is 0 Å². The maximum Gasteiger partial charge on any atom is 0.246 e. The van der Waals surface area contributed by atoms with Gasteiger partial charge in [-0.15, -0.1) is 0 Å². The Kier molecular flexibility index (Phi) is 2.75. The second-order valence-corrected chi connectivity index (χ2v) is 4.35. The highest BCUT2D eigenvalue weighted by Gasteiger charge is 2.40. The van der Waals surface area contributed by atoms with E-state index >= 15 is 0 Å². The van der Waals surface area contributed by atoms with Crippen LogP contribution in [-0.2, 0) is 9.59 Å². The molecular weight excluding hydrogens is 194 g/mol. The zero-order valence-electron chi connectivity index (χ0n) is 9.27. The second-order valence-electron chi connectivity index (χ2n) is 4.35. The fraction of sp³-hybridized carbons (Fsp3) is 0.800. The van der Waals surface area contributed by atoms with Crippen LogP contribution in [0.15, 0.2) is 0 Å². The van der Waals surface area contributed by atoms with E-state index in [9.17, 15) is 9.59 Å². The van der Waals surface area contributed by atoms with Gasteiger partial charge in [0.2, 0.25) is 11.8 Å². The number of hydrogen-bond acceptors (Lipinski definition) is 4. The van der Waals surface area contributed by atoms with Crippen molar-refractivity contribution in [2.75, 3.05) is 40.3 Å². The van der Waals surface area contributed by atoms with Crippen molar-refractivity contribution in [3.8, 4) is 0 Å². The van der Waals surface area contributed by atoms with E-state index < -0.39 is 0 Å². The van der Waals surface area contributed by atoms with E-state index in [0.717, 1.165) is 26.2 Å². The summed E-state index contributed by atoms with van der Waals surface area (Å²) in [5.74, 6) is -0.0894. The summed E-state index contributed by atoms with van der Waals surface area (Å²) in [5.41, 5.74) is 0. The minimum Gasteiger partial charge on any atom is -0.304 e. The van der Waals surface area contributed by atoms with Crippen LogP contribution in [0.3, 0.4) is 0 Å². The van der Waals surface area contributed by atoms with Crippen molar-refractivity contribution in [2.45, 2.75) is 12.5 Å². The van der Waals surface area contributed by atoms with Gasteiger partial charge in [-0.25, -0.2) is 0 Å². The molecule has 0 bridgehead atoms. The maximum absolute atomic E-state index is 11.7. The van der Waals surface area contributed by atoms with E-state index in [-0.39, 0.29) is 17.9 Å². The van der Waals surface area contributed by atoms with Crippen molar-refractivity contribution in [2.24, 2.45) is 0 Å². The number of likely N-dealkylation sites (N-methyl/N-ethyl adjacent to an activating group) is 2. The molecule has 2 rings (SSSR count). The van der Waals surface area contributed by atoms with E-state index in [1.807, 2.05) is 0 Å². The molecular formula is C10H17N3O2. The average molecular weight is 211 g/mol. The molecule has 84 valence electrons. The van der Waals surface area contributed by atoms with Crippen LogP contribution >= 0.6 is 0 Å². The van der Waals surface area contributed by atoms with E-state index in [4.69, 9.17) is 0 Å². The van der Waals surface area contributed by atoms with Gasteiger partial charge < -0.3 is 4.90 Å². The van der Waals surface area contributed by atoms with Gasteiger partial charge in [0.05, 0.1) is 12.5 Å². The predicted octanol–water partition coefficient (Wildman–Crippen LogP) is -1.01. The van der Waals surface area contributed by atoms with Crippen molar-refractivity contribution in [3.05, 3.63) is 0 Å². The Morgan fingerprint density at radius 3 is 2.13 bits per heavy atom. The summed E-state index contributed by atoms with van der Waals surface area (Å²) in [5, 5.41) is 0. The van der Waals surface area contributed by atoms with Crippen molar-refractivity contribution >= 4 is 11.8 Å². The molecule has 0 aliphatic carbocycles. The second kappa shape index (κ2) is 3.90. The lowest BCUT2D eigenvalue weighted by atomic mass is 10.2. The first-order chi connectivity index (χ1) is 7.09. The van der Waals surface area contributed by atoms with Gasteiger partial charge in [0, 0.05) is 33.2 Å². The largest absolute Gasteiger partial charge is 0.304 e. The molecule has 0 aromatic carbocycles. The molecule has 15 heavy (non-hydrogen) atoms. The lowest BCUT2D eigenvalue weighted by Crippen LogP contribution is -2.51. The number of hydrogen-bond donors (Lipinski definition) is 0. The monoisotopic (exact) mass is 211 g/mol. The zero-order valence-corrected chi connectivity index (χ0v) is 9.27. The van der Waals surface area contributed by atoms with Crippen LogP contribution in [0.25, 0.3) is 0 Å². The molecule has 2 fully saturated rings. The number of amides is 2. The van der Waals surface area contributed by atoms with E-state index in [0.29, 0.717) is 6.42 Å². The number of piperazine rings is 1. The van der Waals surface area contributed by atoms with Crippen LogP contribution in [0, 0.1) is 0 Å². The minimum absolute atomic E-state index is 0.0375. The molecule has 5 heteroatoms. The molecule has 0 aromatic heterocycles. The summed E-state index contributed by atoms with van der Waals surface area (Å²) in [6.45, 7) is 3.71. The van der Waals surface area contributed by atoms with Gasteiger partial charge in [0.1, 0.15) is 0 Å². The lowest BCUT2D eigenvalue weighted by molar-refractivity contribution is -0.138. The molecule has 2 heterocycles. The number of likely N-dealkylation sites (tertiary alicyclic amines) is 1. The molecule has 0 radical (unpaired) electrons. The van der Waals surface area contributed by atoms with Crippen LogP contribution in [-0.4, -0.2) is 72.8 Å². The minimum atomic E-state index is -0.198. The fourth-order valence-electron chi connectivity index (χ4n) is 2.15. The van der Waals surface area contributed by atoms with Gasteiger partial charge >= 0.3 is 0 Å². The Morgan fingerprint density at radius 2 is 1.67 bits per heavy atom. The topological polar surface area (TPSA) is 43.9 Å². The Balaban J connectivity index is 2.00. The molecule has 0 spiro atoms. The highest BCUT2D eigenvalue weighted by atomic mass is 16.2. The number of carbonyl (C=O) groups excluding carboxylic acids is 2. The van der Waals surface area contributed by atoms with Crippen LogP contribution in [0.1, 0.15) is 6.42 Å². The molecule has 1 unspecified atom stereocenters. The predicted molar refractivity (Wildman–Crippen MR) is 55.3 cm³/mol. The number of carbonyl (C=O) groups is 2. The quantitative estimate of drug-likeness (QED) is 0.521. The Hall–Kier alpha value is -0.940. The molecule has 0 aromatic rings. The zero-order chi connectivity index (χ0) is 11.0. The summed E-state index contributed by atoms with van der Waals surface area (Å²) in [6, 6.07) is -0.198. The maximum atomic E-state index is 11.7. The molecule has 2 saturated heterocycles. The van der Waals surface area contributed by atoms with Crippen molar-refractivity contribution in [3.63, 3.8) is 0 Å². The third-order valence-corrected chi connectivity index (χ3v) is 3.34. The molecule has 1 atom stereocenters. The first-order valence-electron chi connectivity index (χ1n) is 5.32. The van der Waals surface area contributed by atoms with Gasteiger partial charge in [-0.1, -0.05) is 0 Å². The van der Waals surface area contributed by atoms with Gasteiger partial charge in [-0.2, -0.15) is 0 Å². The van der Waals surface area contributed by atoms with Crippen molar-refractivity contribution in [1.29, 1.82) is 0 Å². The van der Waals surface area contributed by atoms with Crippen LogP contribution in [0.4, 0.5) is 0 Å². The van der Waals surface area contributed by atoms with E-state index in [1.54, 1.807) is 7.05 Å². The van der Waals surface area contributed by atoms with Crippen LogP contribution in [0.2, 0.25) is 0 Å². The molecule has 2 amide bonds. The number of rotatable bonds is 1. The normalized spacial score (nSPS) is 30.3. The highest BCUT2D eigenvalue weighted by Crippen LogP contribution is 2.18. The van der Waals surface area contributed by atoms with Crippen LogP contribution < -0.4 is 0 Å². The average Bonchev–Trinajstić information content (AvgIpc) is 2.47. The summed E-state index contributed by atoms with van der Waals surface area (Å²) in [4.78, 5) is 28.7. The van der Waals surface area contributed by atoms with E-state index in [1.165, 1.54) is 4.90 Å². The number of imide groups is 1. The number of nitrogens with zero attached hydrogens (tertiary/aromatic N) is 3. The highest BCUT2D eigenvalue weighted by molar-refractivity contribution is 6.05. The molecule has 0 N–H and O–H groups in total. The third-order valence-electron chi connectivity index (χ3n) is 3.34. The van der Waals surface area contributed by atoms with Crippen molar-refractivity contribution < 1.29 is 9.59 Å². The van der Waals surface area contributed by atoms with Crippen molar-refractivity contribution in [1.82, 2.24) is 14.7 Å². The standard InChI is InChI=1S/C10H17N3O2/c1-11-3-5-13(6-4-11)8-7-9(14)12(2)10(8)15/h8H,3-7H2,1-2H3. The SMILES string of the molecule is CN1CCN(C2CC(=O)N(C)C2=O)CC1. The van der Waals surface area contributed by atoms with Gasteiger partial charge in [-0.3, -0.25) is 19.4 Å². The summed E-state index contributed by atoms with van der Waals surface area (Å²) in [6.07, 6.45) is 0.360. The Morgan fingerprint density at radius 1 is 1.07 bits per heavy atom. The van der Waals surface area contributed by atoms with Gasteiger partial charge in [-0.05, 0) is 7.05 Å². The third kappa shape index (κ3) is 1.89. The molecule has 0 saturated carbocycles. The first kappa shape index (κ1) is 10.6. The Bertz CT molecular complexity index is 284. The molecule has 5 nitrogen and oxygen atoms in total. The fourth-order valence-corrected chi connectivity index (χ4v) is 2.15. The summed E-state index contributed by atoms with van der Waals surface area (Å²) < 4.78 is 0. The van der Waals surface area contributed by atoms with E-state index in [2.05, 4.69) is 16.8 Å². The molecule has 2 aliphatic rings. The molecule has 2 aliphatic heterocycles. The first-order valence-corrected chi connectivity index (χ1v) is 5.32. The summed E-state index contributed by atoms with van der Waals surface area (Å²) >= 11 is 0. The van der Waals surface area contributed by atoms with Crippen LogP contribution in [0.5, 0.6) is 0 Å². The van der Waals surface area contributed by atoms with Gasteiger partial charge in [0.25, 0.3) is 0 Å².